The molecule has 10 aromatic rings. The number of aromatic nitrogens is 3. The minimum absolute atomic E-state index is 0.674. The minimum atomic E-state index is 0.674. The Morgan fingerprint density at radius 2 is 0.939 bits per heavy atom. The molecule has 3 aromatic heterocycles. The van der Waals surface area contributed by atoms with Gasteiger partial charge in [-0.1, -0.05) is 133 Å². The molecule has 228 valence electrons. The van der Waals surface area contributed by atoms with Gasteiger partial charge in [0.05, 0.1) is 22.4 Å². The molecule has 0 aliphatic heterocycles. The Kier molecular flexibility index (Phi) is 6.15. The molecule has 4 nitrogen and oxygen atoms in total. The topological polar surface area (TPSA) is 51.8 Å². The second-order valence-electron chi connectivity index (χ2n) is 12.4. The van der Waals surface area contributed by atoms with Crippen LogP contribution >= 0.6 is 0 Å². The molecular formula is C45H27N3O. The van der Waals surface area contributed by atoms with E-state index in [0.29, 0.717) is 5.82 Å². The lowest BCUT2D eigenvalue weighted by molar-refractivity contribution is 0.673. The summed E-state index contributed by atoms with van der Waals surface area (Å²) in [5, 5.41) is 6.43. The van der Waals surface area contributed by atoms with E-state index in [1.807, 2.05) is 36.4 Å². The van der Waals surface area contributed by atoms with Crippen molar-refractivity contribution in [2.45, 2.75) is 0 Å². The molecule has 0 bridgehead atoms. The van der Waals surface area contributed by atoms with E-state index in [4.69, 9.17) is 19.4 Å². The average Bonchev–Trinajstić information content (AvgIpc) is 3.56. The second kappa shape index (κ2) is 11.0. The quantitative estimate of drug-likeness (QED) is 0.183. The first-order valence-corrected chi connectivity index (χ1v) is 16.4. The number of fused-ring (bicyclic) bond motifs is 8. The number of hydrogen-bond donors (Lipinski definition) is 0. The molecule has 0 atom stereocenters. The molecular weight excluding hydrogens is 599 g/mol. The Morgan fingerprint density at radius 1 is 0.347 bits per heavy atom. The molecule has 0 fully saturated rings. The molecule has 7 aromatic carbocycles. The van der Waals surface area contributed by atoms with E-state index < -0.39 is 0 Å². The van der Waals surface area contributed by atoms with Crippen LogP contribution in [0.4, 0.5) is 0 Å². The number of hydrogen-bond acceptors (Lipinski definition) is 4. The van der Waals surface area contributed by atoms with Gasteiger partial charge < -0.3 is 4.42 Å². The molecule has 0 aliphatic carbocycles. The van der Waals surface area contributed by atoms with Crippen molar-refractivity contribution >= 4 is 54.5 Å². The summed E-state index contributed by atoms with van der Waals surface area (Å²) in [6.07, 6.45) is 0. The number of furan rings is 1. The Balaban J connectivity index is 1.15. The molecule has 0 unspecified atom stereocenters. The SMILES string of the molecule is c1ccc(-c2ccc(-c3nc(-c4cccc(-c5nc6ccccc6c6c5ccc5c7ccccc7oc56)c4)nc4ccccc34)cc2)cc1. The van der Waals surface area contributed by atoms with Crippen LogP contribution in [0.15, 0.2) is 168 Å². The van der Waals surface area contributed by atoms with Gasteiger partial charge in [0.15, 0.2) is 5.82 Å². The van der Waals surface area contributed by atoms with Gasteiger partial charge in [-0.05, 0) is 41.5 Å². The summed E-state index contributed by atoms with van der Waals surface area (Å²) in [6, 6.07) is 56.6. The zero-order valence-corrected chi connectivity index (χ0v) is 26.3. The van der Waals surface area contributed by atoms with E-state index in [-0.39, 0.29) is 0 Å². The standard InChI is InChI=1S/C45H27N3O/c1-2-11-28(12-3-1)29-21-23-30(24-22-29)42-36-17-5-8-19-39(36)47-45(48-42)32-14-10-13-31(27-32)43-37-26-25-34-33-15-6-9-20-40(33)49-44(34)41(37)35-16-4-7-18-38(35)46-43/h1-27H. The molecule has 0 spiro atoms. The summed E-state index contributed by atoms with van der Waals surface area (Å²) >= 11 is 0. The number of rotatable bonds is 4. The van der Waals surface area contributed by atoms with Crippen molar-refractivity contribution in [2.75, 3.05) is 0 Å². The van der Waals surface area contributed by atoms with Gasteiger partial charge in [0.2, 0.25) is 0 Å². The second-order valence-corrected chi connectivity index (χ2v) is 12.4. The van der Waals surface area contributed by atoms with Crippen LogP contribution in [0.3, 0.4) is 0 Å². The summed E-state index contributed by atoms with van der Waals surface area (Å²) in [6.45, 7) is 0. The maximum Gasteiger partial charge on any atom is 0.160 e. The van der Waals surface area contributed by atoms with Crippen molar-refractivity contribution in [3.05, 3.63) is 164 Å². The maximum atomic E-state index is 6.54. The van der Waals surface area contributed by atoms with Crippen LogP contribution in [-0.2, 0) is 0 Å². The third-order valence-electron chi connectivity index (χ3n) is 9.47. The fourth-order valence-corrected chi connectivity index (χ4v) is 7.12. The van der Waals surface area contributed by atoms with Crippen molar-refractivity contribution in [2.24, 2.45) is 0 Å². The van der Waals surface area contributed by atoms with E-state index in [0.717, 1.165) is 82.6 Å². The molecule has 0 amide bonds. The number of nitrogens with zero attached hydrogens (tertiary/aromatic N) is 3. The summed E-state index contributed by atoms with van der Waals surface area (Å²) in [5.74, 6) is 0.674. The zero-order valence-electron chi connectivity index (χ0n) is 26.3. The zero-order chi connectivity index (χ0) is 32.3. The first kappa shape index (κ1) is 27.5. The van der Waals surface area contributed by atoms with Crippen molar-refractivity contribution in [1.29, 1.82) is 0 Å². The van der Waals surface area contributed by atoms with E-state index >= 15 is 0 Å². The van der Waals surface area contributed by atoms with Gasteiger partial charge >= 0.3 is 0 Å². The van der Waals surface area contributed by atoms with Gasteiger partial charge in [0, 0.05) is 49.0 Å². The van der Waals surface area contributed by atoms with Gasteiger partial charge in [0.1, 0.15) is 11.2 Å². The Morgan fingerprint density at radius 3 is 1.78 bits per heavy atom. The molecule has 49 heavy (non-hydrogen) atoms. The smallest absolute Gasteiger partial charge is 0.160 e. The fourth-order valence-electron chi connectivity index (χ4n) is 7.12. The highest BCUT2D eigenvalue weighted by Crippen LogP contribution is 2.41. The van der Waals surface area contributed by atoms with E-state index in [9.17, 15) is 0 Å². The van der Waals surface area contributed by atoms with Crippen LogP contribution in [0.25, 0.3) is 99.5 Å². The number of para-hydroxylation sites is 3. The number of pyridine rings is 1. The average molecular weight is 626 g/mol. The minimum Gasteiger partial charge on any atom is -0.455 e. The van der Waals surface area contributed by atoms with Crippen LogP contribution < -0.4 is 0 Å². The first-order valence-electron chi connectivity index (χ1n) is 16.4. The highest BCUT2D eigenvalue weighted by molar-refractivity contribution is 6.24. The molecule has 0 saturated heterocycles. The predicted molar refractivity (Wildman–Crippen MR) is 201 cm³/mol. The van der Waals surface area contributed by atoms with Gasteiger partial charge in [-0.25, -0.2) is 15.0 Å². The van der Waals surface area contributed by atoms with Gasteiger partial charge in [-0.2, -0.15) is 0 Å². The molecule has 0 aliphatic rings. The summed E-state index contributed by atoms with van der Waals surface area (Å²) in [5.41, 5.74) is 10.7. The highest BCUT2D eigenvalue weighted by Gasteiger charge is 2.18. The lowest BCUT2D eigenvalue weighted by Gasteiger charge is -2.13. The number of benzene rings is 7. The largest absolute Gasteiger partial charge is 0.455 e. The van der Waals surface area contributed by atoms with Crippen molar-refractivity contribution in [1.82, 2.24) is 15.0 Å². The van der Waals surface area contributed by atoms with Crippen molar-refractivity contribution in [3.8, 4) is 45.0 Å². The van der Waals surface area contributed by atoms with Gasteiger partial charge in [0.25, 0.3) is 0 Å². The molecule has 10 rings (SSSR count). The maximum absolute atomic E-state index is 6.54. The normalized spacial score (nSPS) is 11.7. The van der Waals surface area contributed by atoms with Crippen LogP contribution in [-0.4, -0.2) is 15.0 Å². The third-order valence-corrected chi connectivity index (χ3v) is 9.47. The van der Waals surface area contributed by atoms with Crippen molar-refractivity contribution < 1.29 is 4.42 Å². The van der Waals surface area contributed by atoms with Gasteiger partial charge in [-0.15, -0.1) is 0 Å². The lowest BCUT2D eigenvalue weighted by atomic mass is 9.97. The monoisotopic (exact) mass is 625 g/mol. The third kappa shape index (κ3) is 4.49. The molecule has 0 saturated carbocycles. The van der Waals surface area contributed by atoms with E-state index in [1.54, 1.807) is 0 Å². The molecule has 0 N–H and O–H groups in total. The van der Waals surface area contributed by atoms with Crippen LogP contribution in [0.5, 0.6) is 0 Å². The van der Waals surface area contributed by atoms with Crippen LogP contribution in [0.2, 0.25) is 0 Å². The van der Waals surface area contributed by atoms with Crippen molar-refractivity contribution in [3.63, 3.8) is 0 Å². The molecule has 0 radical (unpaired) electrons. The predicted octanol–water partition coefficient (Wildman–Crippen LogP) is 11.9. The van der Waals surface area contributed by atoms with Gasteiger partial charge in [-0.3, -0.25) is 0 Å². The molecule has 4 heteroatoms. The summed E-state index contributed by atoms with van der Waals surface area (Å²) < 4.78 is 6.54. The van der Waals surface area contributed by atoms with Crippen LogP contribution in [0, 0.1) is 0 Å². The Bertz CT molecular complexity index is 2870. The van der Waals surface area contributed by atoms with E-state index in [2.05, 4.69) is 127 Å². The van der Waals surface area contributed by atoms with E-state index in [1.165, 1.54) is 11.1 Å². The first-order chi connectivity index (χ1) is 24.3. The summed E-state index contributed by atoms with van der Waals surface area (Å²) in [7, 11) is 0. The van der Waals surface area contributed by atoms with Crippen LogP contribution in [0.1, 0.15) is 0 Å². The Labute approximate surface area is 282 Å². The lowest BCUT2D eigenvalue weighted by Crippen LogP contribution is -1.96. The summed E-state index contributed by atoms with van der Waals surface area (Å²) in [4.78, 5) is 15.5. The Hall–Kier alpha value is -6.65. The highest BCUT2D eigenvalue weighted by atomic mass is 16.3. The fraction of sp³-hybridized carbons (Fsp3) is 0. The molecule has 3 heterocycles.